The van der Waals surface area contributed by atoms with Crippen molar-refractivity contribution in [2.24, 2.45) is 4.99 Å². The van der Waals surface area contributed by atoms with Gasteiger partial charge in [-0.15, -0.1) is 0 Å². The Hall–Kier alpha value is -2.33. The summed E-state index contributed by atoms with van der Waals surface area (Å²) in [5, 5.41) is 0.833. The molecule has 2 fully saturated rings. The Bertz CT molecular complexity index is 898. The fourth-order valence-electron chi connectivity index (χ4n) is 3.95. The Kier molecular flexibility index (Phi) is 5.96. The molecule has 0 N–H and O–H groups in total. The summed E-state index contributed by atoms with van der Waals surface area (Å²) >= 11 is 1.52. The van der Waals surface area contributed by atoms with Gasteiger partial charge in [-0.2, -0.15) is 0 Å². The van der Waals surface area contributed by atoms with E-state index in [0.717, 1.165) is 40.6 Å². The molecule has 1 aliphatic heterocycles. The third kappa shape index (κ3) is 4.07. The molecule has 28 heavy (non-hydrogen) atoms. The van der Waals surface area contributed by atoms with Gasteiger partial charge in [0.05, 0.1) is 10.6 Å². The monoisotopic (exact) mass is 390 g/mol. The molecular weight excluding hydrogens is 364 g/mol. The highest BCUT2D eigenvalue weighted by atomic mass is 32.2. The molecule has 1 saturated carbocycles. The summed E-state index contributed by atoms with van der Waals surface area (Å²) < 4.78 is 0. The fraction of sp³-hybridized carbons (Fsp3) is 0.333. The van der Waals surface area contributed by atoms with E-state index < -0.39 is 0 Å². The van der Waals surface area contributed by atoms with Crippen LogP contribution < -0.4 is 0 Å². The van der Waals surface area contributed by atoms with E-state index in [1.165, 1.54) is 36.6 Å². The van der Waals surface area contributed by atoms with Crippen molar-refractivity contribution in [1.29, 1.82) is 0 Å². The molecular formula is C24H26N2OS. The predicted octanol–water partition coefficient (Wildman–Crippen LogP) is 6.19. The van der Waals surface area contributed by atoms with Crippen LogP contribution in [0.4, 0.5) is 5.69 Å². The van der Waals surface area contributed by atoms with Gasteiger partial charge in [0.25, 0.3) is 5.91 Å². The average Bonchev–Trinajstić information content (AvgIpc) is 3.04. The standard InChI is InChI=1S/C24H26N2OS/c1-2-19-13-9-10-16-21(19)25-24-26(20-14-7-4-8-15-20)23(27)22(28-24)17-18-11-5-3-6-12-18/h3,5-6,9-13,16-17,20H,2,4,7-8,14-15H2,1H3/b22-17+,25-24?. The number of carbonyl (C=O) groups is 1. The van der Waals surface area contributed by atoms with Crippen LogP contribution in [-0.2, 0) is 11.2 Å². The van der Waals surface area contributed by atoms with Crippen molar-refractivity contribution < 1.29 is 4.79 Å². The zero-order valence-electron chi connectivity index (χ0n) is 16.3. The summed E-state index contributed by atoms with van der Waals surface area (Å²) in [6.45, 7) is 2.14. The lowest BCUT2D eigenvalue weighted by molar-refractivity contribution is -0.124. The summed E-state index contributed by atoms with van der Waals surface area (Å²) in [5.41, 5.74) is 3.24. The molecule has 0 radical (unpaired) electrons. The van der Waals surface area contributed by atoms with Gasteiger partial charge in [-0.05, 0) is 54.3 Å². The number of para-hydroxylation sites is 1. The van der Waals surface area contributed by atoms with Gasteiger partial charge in [0.15, 0.2) is 5.17 Å². The van der Waals surface area contributed by atoms with E-state index in [2.05, 4.69) is 25.1 Å². The van der Waals surface area contributed by atoms with Crippen LogP contribution in [0.3, 0.4) is 0 Å². The van der Waals surface area contributed by atoms with E-state index >= 15 is 0 Å². The quantitative estimate of drug-likeness (QED) is 0.584. The lowest BCUT2D eigenvalue weighted by atomic mass is 9.94. The van der Waals surface area contributed by atoms with Crippen LogP contribution in [-0.4, -0.2) is 22.0 Å². The minimum Gasteiger partial charge on any atom is -0.283 e. The van der Waals surface area contributed by atoms with Gasteiger partial charge in [-0.25, -0.2) is 4.99 Å². The molecule has 0 atom stereocenters. The van der Waals surface area contributed by atoms with Crippen LogP contribution in [0.25, 0.3) is 6.08 Å². The van der Waals surface area contributed by atoms with Gasteiger partial charge in [0.1, 0.15) is 0 Å². The van der Waals surface area contributed by atoms with E-state index in [4.69, 9.17) is 4.99 Å². The molecule has 2 aromatic carbocycles. The minimum absolute atomic E-state index is 0.105. The van der Waals surface area contributed by atoms with Gasteiger partial charge in [0, 0.05) is 6.04 Å². The smallest absolute Gasteiger partial charge is 0.267 e. The Balaban J connectivity index is 1.72. The van der Waals surface area contributed by atoms with E-state index in [1.807, 2.05) is 47.4 Å². The van der Waals surface area contributed by atoms with Crippen LogP contribution in [0.5, 0.6) is 0 Å². The van der Waals surface area contributed by atoms with Gasteiger partial charge in [-0.3, -0.25) is 9.69 Å². The molecule has 1 aliphatic carbocycles. The van der Waals surface area contributed by atoms with Crippen LogP contribution in [0.15, 0.2) is 64.5 Å². The maximum atomic E-state index is 13.3. The first-order valence-corrected chi connectivity index (χ1v) is 11.0. The number of rotatable bonds is 4. The third-order valence-electron chi connectivity index (χ3n) is 5.46. The van der Waals surface area contributed by atoms with Gasteiger partial charge in [-0.1, -0.05) is 74.7 Å². The second kappa shape index (κ2) is 8.78. The van der Waals surface area contributed by atoms with Crippen molar-refractivity contribution in [3.63, 3.8) is 0 Å². The zero-order chi connectivity index (χ0) is 19.3. The molecule has 2 aromatic rings. The van der Waals surface area contributed by atoms with Gasteiger partial charge in [0.2, 0.25) is 0 Å². The molecule has 1 amide bonds. The topological polar surface area (TPSA) is 32.7 Å². The summed E-state index contributed by atoms with van der Waals surface area (Å²) in [7, 11) is 0. The molecule has 4 rings (SSSR count). The van der Waals surface area contributed by atoms with E-state index in [-0.39, 0.29) is 11.9 Å². The number of aryl methyl sites for hydroxylation is 1. The highest BCUT2D eigenvalue weighted by molar-refractivity contribution is 8.18. The SMILES string of the molecule is CCc1ccccc1N=C1S/C(=C/c2ccccc2)C(=O)N1C1CCCCC1. The highest BCUT2D eigenvalue weighted by Gasteiger charge is 2.38. The first-order chi connectivity index (χ1) is 13.8. The Labute approximate surface area is 171 Å². The number of hydrogen-bond donors (Lipinski definition) is 0. The van der Waals surface area contributed by atoms with Gasteiger partial charge >= 0.3 is 0 Å². The Morgan fingerprint density at radius 3 is 2.50 bits per heavy atom. The first-order valence-electron chi connectivity index (χ1n) is 10.2. The number of thioether (sulfide) groups is 1. The largest absolute Gasteiger partial charge is 0.283 e. The molecule has 2 aliphatic rings. The summed E-state index contributed by atoms with van der Waals surface area (Å²) in [4.78, 5) is 21.0. The van der Waals surface area contributed by atoms with Crippen molar-refractivity contribution in [2.75, 3.05) is 0 Å². The summed E-state index contributed by atoms with van der Waals surface area (Å²) in [6.07, 6.45) is 8.71. The van der Waals surface area contributed by atoms with E-state index in [0.29, 0.717) is 0 Å². The van der Waals surface area contributed by atoms with Crippen molar-refractivity contribution in [3.8, 4) is 0 Å². The molecule has 1 heterocycles. The number of amidine groups is 1. The van der Waals surface area contributed by atoms with Crippen LogP contribution >= 0.6 is 11.8 Å². The minimum atomic E-state index is 0.105. The number of amides is 1. The van der Waals surface area contributed by atoms with Crippen molar-refractivity contribution in [1.82, 2.24) is 4.90 Å². The summed E-state index contributed by atoms with van der Waals surface area (Å²) in [6, 6.07) is 18.6. The first kappa shape index (κ1) is 19.0. The molecule has 0 aromatic heterocycles. The van der Waals surface area contributed by atoms with Crippen LogP contribution in [0.2, 0.25) is 0 Å². The second-order valence-electron chi connectivity index (χ2n) is 7.36. The van der Waals surface area contributed by atoms with Crippen LogP contribution in [0, 0.1) is 0 Å². The zero-order valence-corrected chi connectivity index (χ0v) is 17.1. The highest BCUT2D eigenvalue weighted by Crippen LogP contribution is 2.38. The van der Waals surface area contributed by atoms with Crippen molar-refractivity contribution >= 4 is 34.6 Å². The predicted molar refractivity (Wildman–Crippen MR) is 119 cm³/mol. The second-order valence-corrected chi connectivity index (χ2v) is 8.37. The normalized spacial score (nSPS) is 21.0. The maximum absolute atomic E-state index is 13.3. The average molecular weight is 391 g/mol. The van der Waals surface area contributed by atoms with E-state index in [9.17, 15) is 4.79 Å². The number of aliphatic imine (C=N–C) groups is 1. The molecule has 0 unspecified atom stereocenters. The summed E-state index contributed by atoms with van der Waals surface area (Å²) in [5.74, 6) is 0.105. The molecule has 0 spiro atoms. The maximum Gasteiger partial charge on any atom is 0.267 e. The number of benzene rings is 2. The van der Waals surface area contributed by atoms with Crippen LogP contribution in [0.1, 0.15) is 50.2 Å². The fourth-order valence-corrected chi connectivity index (χ4v) is 5.00. The number of hydrogen-bond acceptors (Lipinski definition) is 3. The Morgan fingerprint density at radius 1 is 1.04 bits per heavy atom. The van der Waals surface area contributed by atoms with Crippen molar-refractivity contribution in [3.05, 3.63) is 70.6 Å². The molecule has 144 valence electrons. The van der Waals surface area contributed by atoms with Crippen molar-refractivity contribution in [2.45, 2.75) is 51.5 Å². The molecule has 0 bridgehead atoms. The lowest BCUT2D eigenvalue weighted by Gasteiger charge is -2.30. The lowest BCUT2D eigenvalue weighted by Crippen LogP contribution is -2.40. The number of nitrogens with zero attached hydrogens (tertiary/aromatic N) is 2. The Morgan fingerprint density at radius 2 is 1.75 bits per heavy atom. The molecule has 4 heteroatoms. The molecule has 3 nitrogen and oxygen atoms in total. The van der Waals surface area contributed by atoms with Gasteiger partial charge < -0.3 is 0 Å². The molecule has 1 saturated heterocycles. The van der Waals surface area contributed by atoms with E-state index in [1.54, 1.807) is 0 Å². The third-order valence-corrected chi connectivity index (χ3v) is 6.45. The number of carbonyl (C=O) groups excluding carboxylic acids is 1.